The molecule has 3 aromatic heterocycles. The number of nitrogens with one attached hydrogen (secondary N) is 1. The van der Waals surface area contributed by atoms with Crippen molar-refractivity contribution in [2.45, 2.75) is 13.3 Å². The molecule has 0 radical (unpaired) electrons. The molecule has 146 valence electrons. The summed E-state index contributed by atoms with van der Waals surface area (Å²) in [4.78, 5) is 20.6. The lowest BCUT2D eigenvalue weighted by atomic mass is 10.1. The molecule has 9 heteroatoms. The maximum Gasteiger partial charge on any atom is 0.262 e. The number of thiazole rings is 1. The zero-order valence-electron chi connectivity index (χ0n) is 15.3. The zero-order chi connectivity index (χ0) is 20.4. The second-order valence-electron chi connectivity index (χ2n) is 6.09. The van der Waals surface area contributed by atoms with Crippen molar-refractivity contribution in [2.24, 2.45) is 0 Å². The van der Waals surface area contributed by atoms with Crippen LogP contribution in [0.25, 0.3) is 16.3 Å². The van der Waals surface area contributed by atoms with E-state index in [9.17, 15) is 13.6 Å². The number of carbonyl (C=O) groups excluding carboxylic acids is 1. The Morgan fingerprint density at radius 3 is 2.59 bits per heavy atom. The molecule has 6 nitrogen and oxygen atoms in total. The number of pyridine rings is 1. The van der Waals surface area contributed by atoms with E-state index >= 15 is 0 Å². The van der Waals surface area contributed by atoms with Crippen molar-refractivity contribution in [3.63, 3.8) is 0 Å². The molecular formula is C20H15F2N5OS. The zero-order valence-corrected chi connectivity index (χ0v) is 16.1. The van der Waals surface area contributed by atoms with Gasteiger partial charge in [0.15, 0.2) is 0 Å². The van der Waals surface area contributed by atoms with Crippen LogP contribution in [0.4, 0.5) is 14.6 Å². The average Bonchev–Trinajstić information content (AvgIpc) is 3.38. The van der Waals surface area contributed by atoms with Crippen LogP contribution in [0.5, 0.6) is 0 Å². The number of carbonyl (C=O) groups is 1. The maximum absolute atomic E-state index is 13.8. The van der Waals surface area contributed by atoms with Gasteiger partial charge in [0.1, 0.15) is 23.0 Å². The Hall–Kier alpha value is -3.46. The lowest BCUT2D eigenvalue weighted by molar-refractivity contribution is 0.101. The molecule has 0 fully saturated rings. The van der Waals surface area contributed by atoms with E-state index in [2.05, 4.69) is 20.4 Å². The number of nitrogens with zero attached hydrogens (tertiary/aromatic N) is 4. The van der Waals surface area contributed by atoms with E-state index < -0.39 is 23.1 Å². The Morgan fingerprint density at radius 2 is 1.97 bits per heavy atom. The van der Waals surface area contributed by atoms with E-state index in [0.717, 1.165) is 40.5 Å². The molecule has 1 aromatic carbocycles. The number of aromatic nitrogens is 4. The fraction of sp³-hybridized carbons (Fsp3) is 0.100. The van der Waals surface area contributed by atoms with Crippen LogP contribution in [0.2, 0.25) is 0 Å². The molecule has 0 aliphatic rings. The summed E-state index contributed by atoms with van der Waals surface area (Å²) in [5.41, 5.74) is 1.94. The highest BCUT2D eigenvalue weighted by atomic mass is 32.1. The average molecular weight is 411 g/mol. The summed E-state index contributed by atoms with van der Waals surface area (Å²) >= 11 is 1.48. The largest absolute Gasteiger partial charge is 0.306 e. The van der Waals surface area contributed by atoms with Gasteiger partial charge in [-0.25, -0.2) is 23.4 Å². The van der Waals surface area contributed by atoms with Gasteiger partial charge in [0.2, 0.25) is 5.13 Å². The van der Waals surface area contributed by atoms with Crippen LogP contribution in [0.1, 0.15) is 23.0 Å². The van der Waals surface area contributed by atoms with Crippen molar-refractivity contribution in [1.82, 2.24) is 19.7 Å². The molecule has 0 bridgehead atoms. The predicted octanol–water partition coefficient (Wildman–Crippen LogP) is 4.48. The van der Waals surface area contributed by atoms with Gasteiger partial charge in [-0.15, -0.1) is 11.3 Å². The van der Waals surface area contributed by atoms with Gasteiger partial charge in [-0.05, 0) is 30.7 Å². The fourth-order valence-corrected chi connectivity index (χ4v) is 3.43. The number of rotatable bonds is 5. The van der Waals surface area contributed by atoms with Gasteiger partial charge in [-0.1, -0.05) is 13.0 Å². The van der Waals surface area contributed by atoms with E-state index in [4.69, 9.17) is 0 Å². The SMILES string of the molecule is CCc1nn(-c2nccs2)cc1-c1ccc(NC(=O)c2c(F)cccc2F)nc1. The van der Waals surface area contributed by atoms with E-state index in [1.807, 2.05) is 18.5 Å². The highest BCUT2D eigenvalue weighted by Crippen LogP contribution is 2.26. The van der Waals surface area contributed by atoms with Gasteiger partial charge in [-0.3, -0.25) is 4.79 Å². The molecule has 1 amide bonds. The molecule has 0 spiro atoms. The number of halogens is 2. The molecule has 0 atom stereocenters. The fourth-order valence-electron chi connectivity index (χ4n) is 2.86. The lowest BCUT2D eigenvalue weighted by Crippen LogP contribution is -2.16. The van der Waals surface area contributed by atoms with Crippen molar-refractivity contribution in [3.8, 4) is 16.3 Å². The van der Waals surface area contributed by atoms with Crippen molar-refractivity contribution in [1.29, 1.82) is 0 Å². The molecule has 3 heterocycles. The van der Waals surface area contributed by atoms with Crippen LogP contribution >= 0.6 is 11.3 Å². The first-order valence-electron chi connectivity index (χ1n) is 8.77. The maximum atomic E-state index is 13.8. The normalized spacial score (nSPS) is 10.9. The lowest BCUT2D eigenvalue weighted by Gasteiger charge is -2.07. The highest BCUT2D eigenvalue weighted by molar-refractivity contribution is 7.12. The van der Waals surface area contributed by atoms with Crippen molar-refractivity contribution >= 4 is 23.1 Å². The first-order chi connectivity index (χ1) is 14.1. The summed E-state index contributed by atoms with van der Waals surface area (Å²) in [6, 6.07) is 6.60. The van der Waals surface area contributed by atoms with Gasteiger partial charge in [-0.2, -0.15) is 5.10 Å². The van der Waals surface area contributed by atoms with Crippen LogP contribution in [0.15, 0.2) is 54.3 Å². The number of hydrogen-bond acceptors (Lipinski definition) is 5. The molecule has 4 aromatic rings. The molecule has 1 N–H and O–H groups in total. The number of benzene rings is 1. The minimum absolute atomic E-state index is 0.187. The molecule has 0 saturated heterocycles. The Morgan fingerprint density at radius 1 is 1.17 bits per heavy atom. The van der Waals surface area contributed by atoms with Crippen molar-refractivity contribution in [3.05, 3.63) is 77.2 Å². The summed E-state index contributed by atoms with van der Waals surface area (Å²) in [6.07, 6.45) is 5.89. The summed E-state index contributed by atoms with van der Waals surface area (Å²) in [5, 5.41) is 9.61. The van der Waals surface area contributed by atoms with Crippen LogP contribution in [-0.2, 0) is 6.42 Å². The minimum atomic E-state index is -0.929. The van der Waals surface area contributed by atoms with Crippen molar-refractivity contribution in [2.75, 3.05) is 5.32 Å². The van der Waals surface area contributed by atoms with Gasteiger partial charge >= 0.3 is 0 Å². The molecule has 0 saturated carbocycles. The third-order valence-electron chi connectivity index (χ3n) is 4.25. The molecular weight excluding hydrogens is 396 g/mol. The first-order valence-corrected chi connectivity index (χ1v) is 9.65. The van der Waals surface area contributed by atoms with Gasteiger partial charge in [0.25, 0.3) is 5.91 Å². The Balaban J connectivity index is 1.58. The smallest absolute Gasteiger partial charge is 0.262 e. The predicted molar refractivity (Wildman–Crippen MR) is 106 cm³/mol. The quantitative estimate of drug-likeness (QED) is 0.525. The van der Waals surface area contributed by atoms with Gasteiger partial charge < -0.3 is 5.32 Å². The van der Waals surface area contributed by atoms with E-state index in [1.54, 1.807) is 29.2 Å². The molecule has 0 unspecified atom stereocenters. The Kier molecular flexibility index (Phi) is 5.13. The minimum Gasteiger partial charge on any atom is -0.306 e. The van der Waals surface area contributed by atoms with Crippen molar-refractivity contribution < 1.29 is 13.6 Å². The van der Waals surface area contributed by atoms with Crippen LogP contribution in [-0.4, -0.2) is 25.7 Å². The van der Waals surface area contributed by atoms with E-state index in [0.29, 0.717) is 0 Å². The third-order valence-corrected chi connectivity index (χ3v) is 5.01. The number of anilines is 1. The second-order valence-corrected chi connectivity index (χ2v) is 6.96. The van der Waals surface area contributed by atoms with E-state index in [1.165, 1.54) is 17.4 Å². The summed E-state index contributed by atoms with van der Waals surface area (Å²) in [5.74, 6) is -2.57. The highest BCUT2D eigenvalue weighted by Gasteiger charge is 2.18. The number of hydrogen-bond donors (Lipinski definition) is 1. The van der Waals surface area contributed by atoms with Crippen LogP contribution in [0.3, 0.4) is 0 Å². The topological polar surface area (TPSA) is 72.7 Å². The van der Waals surface area contributed by atoms with Gasteiger partial charge in [0.05, 0.1) is 5.69 Å². The summed E-state index contributed by atoms with van der Waals surface area (Å²) in [7, 11) is 0. The number of amides is 1. The third kappa shape index (κ3) is 3.77. The number of aryl methyl sites for hydroxylation is 1. The van der Waals surface area contributed by atoms with Gasteiger partial charge in [0, 0.05) is 35.1 Å². The Bertz CT molecular complexity index is 1140. The second kappa shape index (κ2) is 7.88. The summed E-state index contributed by atoms with van der Waals surface area (Å²) < 4.78 is 29.2. The van der Waals surface area contributed by atoms with Crippen LogP contribution < -0.4 is 5.32 Å². The Labute approximate surface area is 168 Å². The monoisotopic (exact) mass is 411 g/mol. The summed E-state index contributed by atoms with van der Waals surface area (Å²) in [6.45, 7) is 2.00. The first kappa shape index (κ1) is 18.9. The molecule has 0 aliphatic heterocycles. The standard InChI is InChI=1S/C20H15F2N5OS/c1-2-16-13(11-27(26-16)20-23-8-9-29-20)12-6-7-17(24-10-12)25-19(28)18-14(21)4-3-5-15(18)22/h3-11H,2H2,1H3,(H,24,25,28). The molecule has 29 heavy (non-hydrogen) atoms. The molecule has 0 aliphatic carbocycles. The van der Waals surface area contributed by atoms with E-state index in [-0.39, 0.29) is 5.82 Å². The van der Waals surface area contributed by atoms with Crippen LogP contribution in [0, 0.1) is 11.6 Å². The molecule has 4 rings (SSSR count).